The minimum absolute atomic E-state index is 0.0560. The van der Waals surface area contributed by atoms with Gasteiger partial charge in [-0.3, -0.25) is 0 Å². The Hall–Kier alpha value is -1.17. The van der Waals surface area contributed by atoms with Crippen LogP contribution in [0.15, 0.2) is 10.8 Å². The molecule has 1 heterocycles. The molecule has 0 fully saturated rings. The van der Waals surface area contributed by atoms with Gasteiger partial charge in [-0.05, 0) is 22.4 Å². The fraction of sp³-hybridized carbons (Fsp3) is 0.444. The lowest BCUT2D eigenvalue weighted by Crippen LogP contribution is -2.12. The summed E-state index contributed by atoms with van der Waals surface area (Å²) in [6, 6.07) is 0. The Morgan fingerprint density at radius 2 is 2.40 bits per heavy atom. The van der Waals surface area contributed by atoms with Gasteiger partial charge >= 0.3 is 5.97 Å². The summed E-state index contributed by atoms with van der Waals surface area (Å²) >= 11 is 3.11. The first-order chi connectivity index (χ1) is 7.15. The van der Waals surface area contributed by atoms with E-state index in [2.05, 4.69) is 25.9 Å². The second-order valence-corrected chi connectivity index (χ2v) is 3.73. The molecule has 0 spiro atoms. The number of nitrogens with two attached hydrogens (primary N) is 1. The number of esters is 1. The van der Waals surface area contributed by atoms with Crippen molar-refractivity contribution in [3.63, 3.8) is 0 Å². The molecular formula is C9H12BrN3O2. The van der Waals surface area contributed by atoms with Gasteiger partial charge in [0.1, 0.15) is 4.60 Å². The monoisotopic (exact) mass is 273 g/mol. The minimum atomic E-state index is -0.533. The largest absolute Gasteiger partial charge is 0.461 e. The Morgan fingerprint density at radius 1 is 1.67 bits per heavy atom. The summed E-state index contributed by atoms with van der Waals surface area (Å²) in [7, 11) is 0. The van der Waals surface area contributed by atoms with E-state index >= 15 is 0 Å². The summed E-state index contributed by atoms with van der Waals surface area (Å²) in [4.78, 5) is 19.2. The molecule has 0 bridgehead atoms. The number of hydrogen-bond donors (Lipinski definition) is 1. The van der Waals surface area contributed by atoms with Crippen LogP contribution in [0.2, 0.25) is 0 Å². The first kappa shape index (κ1) is 11.9. The summed E-state index contributed by atoms with van der Waals surface area (Å²) in [5.41, 5.74) is 5.56. The van der Waals surface area contributed by atoms with Gasteiger partial charge < -0.3 is 10.5 Å². The van der Waals surface area contributed by atoms with Gasteiger partial charge in [0, 0.05) is 0 Å². The number of nitrogen functional groups attached to an aromatic ring is 1. The number of rotatable bonds is 4. The standard InChI is InChI=1S/C9H12BrN3O2/c1-2-3-4-15-9(14)7-8(11)12-5-6(10)13-7/h5H,2-4H2,1H3,(H2,11,12). The Balaban J connectivity index is 2.68. The van der Waals surface area contributed by atoms with Gasteiger partial charge in [-0.15, -0.1) is 0 Å². The lowest BCUT2D eigenvalue weighted by molar-refractivity contribution is 0.0493. The number of carbonyl (C=O) groups is 1. The Labute approximate surface area is 96.2 Å². The number of carbonyl (C=O) groups excluding carboxylic acids is 1. The van der Waals surface area contributed by atoms with Gasteiger partial charge in [-0.1, -0.05) is 13.3 Å². The van der Waals surface area contributed by atoms with E-state index in [-0.39, 0.29) is 11.5 Å². The predicted octanol–water partition coefficient (Wildman–Crippen LogP) is 1.78. The third kappa shape index (κ3) is 3.47. The molecule has 1 aromatic rings. The lowest BCUT2D eigenvalue weighted by Gasteiger charge is -2.04. The van der Waals surface area contributed by atoms with Crippen LogP contribution < -0.4 is 5.73 Å². The van der Waals surface area contributed by atoms with Gasteiger partial charge in [0.05, 0.1) is 12.8 Å². The Bertz CT molecular complexity index is 357. The molecule has 0 atom stereocenters. The summed E-state index contributed by atoms with van der Waals surface area (Å²) in [6.07, 6.45) is 3.22. The zero-order valence-corrected chi connectivity index (χ0v) is 9.95. The van der Waals surface area contributed by atoms with Crippen molar-refractivity contribution in [1.82, 2.24) is 9.97 Å². The molecule has 1 aromatic heterocycles. The van der Waals surface area contributed by atoms with E-state index in [4.69, 9.17) is 10.5 Å². The van der Waals surface area contributed by atoms with E-state index < -0.39 is 5.97 Å². The highest BCUT2D eigenvalue weighted by Crippen LogP contribution is 2.11. The van der Waals surface area contributed by atoms with Gasteiger partial charge in [-0.25, -0.2) is 14.8 Å². The molecule has 15 heavy (non-hydrogen) atoms. The van der Waals surface area contributed by atoms with Crippen molar-refractivity contribution >= 4 is 27.7 Å². The molecule has 2 N–H and O–H groups in total. The molecule has 0 unspecified atom stereocenters. The van der Waals surface area contributed by atoms with Gasteiger partial charge in [0.25, 0.3) is 0 Å². The van der Waals surface area contributed by atoms with Crippen molar-refractivity contribution in [3.8, 4) is 0 Å². The Kier molecular flexibility index (Phi) is 4.48. The van der Waals surface area contributed by atoms with E-state index in [0.717, 1.165) is 12.8 Å². The summed E-state index contributed by atoms with van der Waals surface area (Å²) in [6.45, 7) is 2.39. The quantitative estimate of drug-likeness (QED) is 0.668. The number of halogens is 1. The number of hydrogen-bond acceptors (Lipinski definition) is 5. The van der Waals surface area contributed by atoms with Crippen LogP contribution in [0.4, 0.5) is 5.82 Å². The topological polar surface area (TPSA) is 78.1 Å². The maximum Gasteiger partial charge on any atom is 0.360 e. The average Bonchev–Trinajstić information content (AvgIpc) is 2.22. The molecule has 0 saturated carbocycles. The van der Waals surface area contributed by atoms with Crippen molar-refractivity contribution in [2.45, 2.75) is 19.8 Å². The van der Waals surface area contributed by atoms with Crippen LogP contribution >= 0.6 is 15.9 Å². The summed E-state index contributed by atoms with van der Waals surface area (Å²) < 4.78 is 5.42. The predicted molar refractivity (Wildman–Crippen MR) is 59.3 cm³/mol. The molecule has 0 aliphatic rings. The van der Waals surface area contributed by atoms with Crippen LogP contribution in [-0.4, -0.2) is 22.5 Å². The third-order valence-electron chi connectivity index (χ3n) is 1.70. The van der Waals surface area contributed by atoms with E-state index in [9.17, 15) is 4.79 Å². The number of unbranched alkanes of at least 4 members (excludes halogenated alkanes) is 1. The van der Waals surface area contributed by atoms with Crippen LogP contribution in [0.1, 0.15) is 30.3 Å². The molecule has 0 aliphatic heterocycles. The molecule has 0 radical (unpaired) electrons. The maximum atomic E-state index is 11.5. The first-order valence-electron chi connectivity index (χ1n) is 4.60. The van der Waals surface area contributed by atoms with Gasteiger partial charge in [-0.2, -0.15) is 0 Å². The molecule has 1 rings (SSSR count). The molecule has 0 aromatic carbocycles. The van der Waals surface area contributed by atoms with Crippen molar-refractivity contribution in [3.05, 3.63) is 16.5 Å². The van der Waals surface area contributed by atoms with Crippen molar-refractivity contribution < 1.29 is 9.53 Å². The summed E-state index contributed by atoms with van der Waals surface area (Å²) in [5.74, 6) is -0.450. The van der Waals surface area contributed by atoms with Crippen LogP contribution in [0, 0.1) is 0 Å². The zero-order valence-electron chi connectivity index (χ0n) is 8.36. The van der Waals surface area contributed by atoms with Crippen molar-refractivity contribution in [2.24, 2.45) is 0 Å². The summed E-state index contributed by atoms with van der Waals surface area (Å²) in [5, 5.41) is 0. The highest BCUT2D eigenvalue weighted by Gasteiger charge is 2.14. The van der Waals surface area contributed by atoms with Crippen LogP contribution in [0.5, 0.6) is 0 Å². The smallest absolute Gasteiger partial charge is 0.360 e. The molecule has 0 amide bonds. The number of ether oxygens (including phenoxy) is 1. The Morgan fingerprint density at radius 3 is 3.07 bits per heavy atom. The van der Waals surface area contributed by atoms with Gasteiger partial charge in [0.2, 0.25) is 0 Å². The van der Waals surface area contributed by atoms with E-state index in [0.29, 0.717) is 11.2 Å². The molecule has 0 aliphatic carbocycles. The molecule has 6 heteroatoms. The minimum Gasteiger partial charge on any atom is -0.461 e. The highest BCUT2D eigenvalue weighted by atomic mass is 79.9. The van der Waals surface area contributed by atoms with Crippen molar-refractivity contribution in [1.29, 1.82) is 0 Å². The van der Waals surface area contributed by atoms with Crippen LogP contribution in [-0.2, 0) is 4.74 Å². The number of anilines is 1. The maximum absolute atomic E-state index is 11.5. The SMILES string of the molecule is CCCCOC(=O)c1nc(Br)cnc1N. The highest BCUT2D eigenvalue weighted by molar-refractivity contribution is 9.10. The second kappa shape index (κ2) is 5.65. The molecule has 5 nitrogen and oxygen atoms in total. The fourth-order valence-electron chi connectivity index (χ4n) is 0.905. The van der Waals surface area contributed by atoms with E-state index in [1.54, 1.807) is 0 Å². The zero-order chi connectivity index (χ0) is 11.3. The average molecular weight is 274 g/mol. The van der Waals surface area contributed by atoms with Crippen LogP contribution in [0.3, 0.4) is 0 Å². The van der Waals surface area contributed by atoms with E-state index in [1.807, 2.05) is 6.92 Å². The number of nitrogens with zero attached hydrogens (tertiary/aromatic N) is 2. The fourth-order valence-corrected chi connectivity index (χ4v) is 1.18. The van der Waals surface area contributed by atoms with Gasteiger partial charge in [0.15, 0.2) is 11.5 Å². The van der Waals surface area contributed by atoms with E-state index in [1.165, 1.54) is 6.20 Å². The lowest BCUT2D eigenvalue weighted by atomic mass is 10.3. The third-order valence-corrected chi connectivity index (χ3v) is 2.08. The molecule has 0 saturated heterocycles. The normalized spacial score (nSPS) is 10.0. The van der Waals surface area contributed by atoms with Crippen LogP contribution in [0.25, 0.3) is 0 Å². The molecular weight excluding hydrogens is 262 g/mol. The second-order valence-electron chi connectivity index (χ2n) is 2.92. The first-order valence-corrected chi connectivity index (χ1v) is 5.39. The van der Waals surface area contributed by atoms with Crippen molar-refractivity contribution in [2.75, 3.05) is 12.3 Å². The molecule has 82 valence electrons. The number of aromatic nitrogens is 2.